The van der Waals surface area contributed by atoms with Crippen molar-refractivity contribution in [3.05, 3.63) is 334 Å². The number of para-hydroxylation sites is 2. The monoisotopic (exact) mass is 1300 g/mol. The van der Waals surface area contributed by atoms with Crippen molar-refractivity contribution in [2.45, 2.75) is 0 Å². The van der Waals surface area contributed by atoms with Gasteiger partial charge in [0.25, 0.3) is 0 Å². The maximum Gasteiger partial charge on any atom is 0.235 e. The number of hydrogen-bond donors (Lipinski definition) is 0. The summed E-state index contributed by atoms with van der Waals surface area (Å²) in [5, 5.41) is 23.6. The van der Waals surface area contributed by atoms with Gasteiger partial charge < -0.3 is 9.13 Å². The molecule has 0 saturated heterocycles. The summed E-state index contributed by atoms with van der Waals surface area (Å²) in [6.07, 6.45) is 0. The van der Waals surface area contributed by atoms with Crippen LogP contribution in [0.25, 0.3) is 236 Å². The van der Waals surface area contributed by atoms with E-state index in [2.05, 4.69) is 347 Å². The summed E-state index contributed by atoms with van der Waals surface area (Å²) < 4.78 is 7.27. The van der Waals surface area contributed by atoms with Crippen LogP contribution in [0.2, 0.25) is 0 Å². The van der Waals surface area contributed by atoms with E-state index in [-0.39, 0.29) is 0 Å². The van der Waals surface area contributed by atoms with E-state index in [1.807, 2.05) is 0 Å². The van der Waals surface area contributed by atoms with Gasteiger partial charge in [0.15, 0.2) is 0 Å². The molecule has 2 aliphatic rings. The summed E-state index contributed by atoms with van der Waals surface area (Å²) in [5.74, 6) is 0.658. The molecule has 0 radical (unpaired) electrons. The Morgan fingerprint density at radius 2 is 0.592 bits per heavy atom. The Kier molecular flexibility index (Phi) is 11.0. The Morgan fingerprint density at radius 3 is 1.17 bits per heavy atom. The Balaban J connectivity index is 0.625. The predicted molar refractivity (Wildman–Crippen MR) is 433 cm³/mol. The van der Waals surface area contributed by atoms with Crippen LogP contribution >= 0.6 is 0 Å². The molecule has 0 fully saturated rings. The second kappa shape index (κ2) is 20.5. The molecule has 22 aromatic rings. The van der Waals surface area contributed by atoms with Crippen LogP contribution in [0.15, 0.2) is 334 Å². The third-order valence-electron chi connectivity index (χ3n) is 23.1. The van der Waals surface area contributed by atoms with Crippen molar-refractivity contribution in [3.63, 3.8) is 0 Å². The lowest BCUT2D eigenvalue weighted by molar-refractivity contribution is 1.01. The van der Waals surface area contributed by atoms with Gasteiger partial charge in [-0.3, -0.25) is 4.57 Å². The Labute approximate surface area is 589 Å². The zero-order valence-electron chi connectivity index (χ0n) is 55.5. The fourth-order valence-electron chi connectivity index (χ4n) is 18.9. The van der Waals surface area contributed by atoms with Gasteiger partial charge in [0, 0.05) is 54.6 Å². The zero-order chi connectivity index (χ0) is 66.9. The van der Waals surface area contributed by atoms with Gasteiger partial charge >= 0.3 is 0 Å². The SMILES string of the molecule is c1ccc(-c2nc(-n3c4cccc5c4c4c6c(cccc6ccc43)-c3c-5c4ccccc4c4cc(-c5cccc6c5c5ccccc5n6-c5ccc(-c6ccc(-n7c8cccc9c8c8c%10c(cccc%10ccc87)-c7c-9c8ccccc8c8ccccc78)cc6)cc5)ccc34)nc3ccccc23)cc1. The Hall–Kier alpha value is -13.7. The molecule has 0 bridgehead atoms. The number of benzene rings is 18. The molecule has 4 aromatic heterocycles. The number of nitrogens with zero attached hydrogens (tertiary/aromatic N) is 5. The summed E-state index contributed by atoms with van der Waals surface area (Å²) in [7, 11) is 0. The van der Waals surface area contributed by atoms with Crippen molar-refractivity contribution in [1.82, 2.24) is 23.7 Å². The molecule has 5 nitrogen and oxygen atoms in total. The fraction of sp³-hybridized carbons (Fsp3) is 0. The minimum atomic E-state index is 0.658. The minimum absolute atomic E-state index is 0.658. The van der Waals surface area contributed by atoms with Crippen molar-refractivity contribution in [2.24, 2.45) is 0 Å². The van der Waals surface area contributed by atoms with Crippen molar-refractivity contribution < 1.29 is 0 Å². The molecule has 472 valence electrons. The standard InChI is InChI=1S/C98H55N5/c1-2-19-60(20-3-1)97-72-29-10-12-36-79(72)99-98(100-97)103-83-40-18-35-77-91-70-28-9-6-25-67(70)78-55-61(45-52-71(78)92(91)75-33-15-22-59-47-54-85(103)96(87(59)75)94(77)83)64-31-16-38-81-88(64)73-30-11-13-37-80(73)101(81)62-48-41-56(42-49-62)57-43-50-63(51-44-57)102-82-39-17-34-76-90-69-27-8-5-24-66(69)65-23-4-7-26-68(65)89(90)74-32-14-21-58-46-53-84(102)95(86(58)74)93(76)82/h1-55H. The van der Waals surface area contributed by atoms with Crippen LogP contribution in [-0.4, -0.2) is 23.7 Å². The predicted octanol–water partition coefficient (Wildman–Crippen LogP) is 26.1. The van der Waals surface area contributed by atoms with Crippen LogP contribution in [-0.2, 0) is 0 Å². The normalized spacial score (nSPS) is 12.5. The summed E-state index contributed by atoms with van der Waals surface area (Å²) in [6.45, 7) is 0. The second-order valence-corrected chi connectivity index (χ2v) is 28.1. The largest absolute Gasteiger partial charge is 0.309 e. The maximum atomic E-state index is 5.49. The Morgan fingerprint density at radius 1 is 0.194 bits per heavy atom. The zero-order valence-corrected chi connectivity index (χ0v) is 55.5. The highest BCUT2D eigenvalue weighted by Crippen LogP contribution is 2.57. The molecule has 0 aliphatic heterocycles. The molecule has 0 spiro atoms. The van der Waals surface area contributed by atoms with Crippen LogP contribution < -0.4 is 0 Å². The summed E-state index contributed by atoms with van der Waals surface area (Å²) >= 11 is 0. The molecule has 2 aliphatic carbocycles. The van der Waals surface area contributed by atoms with Gasteiger partial charge in [-0.05, 0) is 204 Å². The van der Waals surface area contributed by atoms with Gasteiger partial charge in [-0.25, -0.2) is 9.97 Å². The van der Waals surface area contributed by atoms with Gasteiger partial charge in [0.05, 0.1) is 44.3 Å². The van der Waals surface area contributed by atoms with Crippen LogP contribution in [0, 0.1) is 0 Å². The van der Waals surface area contributed by atoms with E-state index in [1.165, 1.54) is 186 Å². The van der Waals surface area contributed by atoms with Crippen molar-refractivity contribution in [2.75, 3.05) is 0 Å². The first-order valence-electron chi connectivity index (χ1n) is 35.6. The molecule has 0 saturated carbocycles. The minimum Gasteiger partial charge on any atom is -0.309 e. The lowest BCUT2D eigenvalue weighted by Crippen LogP contribution is -2.03. The molecule has 0 N–H and O–H groups in total. The maximum absolute atomic E-state index is 5.49. The first-order valence-corrected chi connectivity index (χ1v) is 35.6. The molecule has 18 aromatic carbocycles. The number of hydrogen-bond acceptors (Lipinski definition) is 2. The summed E-state index contributed by atoms with van der Waals surface area (Å²) in [5.41, 5.74) is 26.9. The first-order chi connectivity index (χ1) is 51.1. The van der Waals surface area contributed by atoms with Gasteiger partial charge in [0.2, 0.25) is 5.95 Å². The fourth-order valence-corrected chi connectivity index (χ4v) is 18.9. The second-order valence-electron chi connectivity index (χ2n) is 28.1. The van der Waals surface area contributed by atoms with E-state index in [1.54, 1.807) is 0 Å². The third-order valence-corrected chi connectivity index (χ3v) is 23.1. The van der Waals surface area contributed by atoms with Crippen molar-refractivity contribution in [3.8, 4) is 95.3 Å². The van der Waals surface area contributed by atoms with Crippen LogP contribution in [0.5, 0.6) is 0 Å². The van der Waals surface area contributed by atoms with E-state index in [0.29, 0.717) is 5.95 Å². The molecule has 0 atom stereocenters. The molecule has 24 rings (SSSR count). The van der Waals surface area contributed by atoms with Crippen LogP contribution in [0.1, 0.15) is 0 Å². The lowest BCUT2D eigenvalue weighted by Gasteiger charge is -2.20. The lowest BCUT2D eigenvalue weighted by atomic mass is 9.83. The number of rotatable bonds is 6. The smallest absolute Gasteiger partial charge is 0.235 e. The molecule has 4 heterocycles. The van der Waals surface area contributed by atoms with E-state index in [0.717, 1.165) is 44.6 Å². The molecule has 0 unspecified atom stereocenters. The van der Waals surface area contributed by atoms with E-state index in [9.17, 15) is 0 Å². The number of fused-ring (bicyclic) bond motifs is 20. The average Bonchev–Trinajstić information content (AvgIpc) is 1.55. The summed E-state index contributed by atoms with van der Waals surface area (Å²) in [4.78, 5) is 10.9. The van der Waals surface area contributed by atoms with Gasteiger partial charge in [-0.2, -0.15) is 0 Å². The van der Waals surface area contributed by atoms with Crippen molar-refractivity contribution >= 4 is 141 Å². The van der Waals surface area contributed by atoms with Crippen LogP contribution in [0.4, 0.5) is 0 Å². The highest BCUT2D eigenvalue weighted by Gasteiger charge is 2.32. The topological polar surface area (TPSA) is 40.6 Å². The van der Waals surface area contributed by atoms with Crippen molar-refractivity contribution in [1.29, 1.82) is 0 Å². The number of aromatic nitrogens is 5. The molecule has 103 heavy (non-hydrogen) atoms. The van der Waals surface area contributed by atoms with E-state index in [4.69, 9.17) is 9.97 Å². The highest BCUT2D eigenvalue weighted by molar-refractivity contribution is 6.38. The van der Waals surface area contributed by atoms with E-state index >= 15 is 0 Å². The molecule has 0 amide bonds. The summed E-state index contributed by atoms with van der Waals surface area (Å²) in [6, 6.07) is 124. The van der Waals surface area contributed by atoms with Gasteiger partial charge in [-0.1, -0.05) is 261 Å². The molecular formula is C98H55N5. The third kappa shape index (κ3) is 7.38. The van der Waals surface area contributed by atoms with Gasteiger partial charge in [-0.15, -0.1) is 0 Å². The average molecular weight is 1300 g/mol. The quantitative estimate of drug-likeness (QED) is 0.156. The molecular weight excluding hydrogens is 1250 g/mol. The van der Waals surface area contributed by atoms with Gasteiger partial charge in [0.1, 0.15) is 0 Å². The molecule has 5 heteroatoms. The Bertz CT molecular complexity index is 7580. The first kappa shape index (κ1) is 55.2. The van der Waals surface area contributed by atoms with E-state index < -0.39 is 0 Å². The highest BCUT2D eigenvalue weighted by atomic mass is 15.2. The van der Waals surface area contributed by atoms with Crippen LogP contribution in [0.3, 0.4) is 0 Å².